The van der Waals surface area contributed by atoms with Crippen molar-refractivity contribution in [2.75, 3.05) is 20.2 Å². The van der Waals surface area contributed by atoms with Gasteiger partial charge in [0.1, 0.15) is 10.6 Å². The Bertz CT molecular complexity index is 865. The van der Waals surface area contributed by atoms with Gasteiger partial charge in [0, 0.05) is 17.6 Å². The molecule has 140 valence electrons. The van der Waals surface area contributed by atoms with E-state index in [0.717, 1.165) is 25.2 Å². The van der Waals surface area contributed by atoms with Gasteiger partial charge in [0.15, 0.2) is 0 Å². The number of nitrogens with one attached hydrogen (secondary N) is 1. The van der Waals surface area contributed by atoms with Crippen LogP contribution in [-0.2, 0) is 23.1 Å². The molecule has 26 heavy (non-hydrogen) atoms. The Balaban J connectivity index is 1.77. The van der Waals surface area contributed by atoms with Crippen LogP contribution in [0.4, 0.5) is 0 Å². The molecule has 2 aromatic rings. The Kier molecular flexibility index (Phi) is 6.34. The Hall–Kier alpha value is -1.41. The van der Waals surface area contributed by atoms with Crippen LogP contribution in [0.2, 0.25) is 0 Å². The van der Waals surface area contributed by atoms with Crippen LogP contribution in [-0.4, -0.2) is 33.5 Å². The molecule has 5 nitrogen and oxygen atoms in total. The molecule has 0 spiro atoms. The Morgan fingerprint density at radius 2 is 1.81 bits per heavy atom. The first-order valence-electron chi connectivity index (χ1n) is 8.62. The zero-order valence-corrected chi connectivity index (χ0v) is 17.1. The topological polar surface area (TPSA) is 58.6 Å². The van der Waals surface area contributed by atoms with Crippen molar-refractivity contribution in [3.05, 3.63) is 58.1 Å². The number of ether oxygens (including phenoxy) is 1. The highest BCUT2D eigenvalue weighted by Crippen LogP contribution is 2.27. The van der Waals surface area contributed by atoms with Crippen LogP contribution < -0.4 is 9.46 Å². The lowest BCUT2D eigenvalue weighted by molar-refractivity contribution is 0.330. The molecule has 2 aromatic carbocycles. The minimum Gasteiger partial charge on any atom is -0.495 e. The standard InChI is InChI=1S/C19H23BrN2O3S/c1-25-18-9-8-17(20)12-19(18)26(23,24)21-13-15-6-2-3-7-16(15)14-22-10-4-5-11-22/h2-3,6-9,12,21H,4-5,10-11,13-14H2,1H3. The summed E-state index contributed by atoms with van der Waals surface area (Å²) in [6, 6.07) is 12.9. The normalized spacial score (nSPS) is 15.3. The molecule has 1 saturated heterocycles. The number of likely N-dealkylation sites (tertiary alicyclic amines) is 1. The molecule has 0 atom stereocenters. The molecule has 1 aliphatic heterocycles. The summed E-state index contributed by atoms with van der Waals surface area (Å²) in [5, 5.41) is 0. The SMILES string of the molecule is COc1ccc(Br)cc1S(=O)(=O)NCc1ccccc1CN1CCCC1. The molecule has 0 radical (unpaired) electrons. The van der Waals surface area contributed by atoms with Crippen molar-refractivity contribution >= 4 is 26.0 Å². The highest BCUT2D eigenvalue weighted by molar-refractivity contribution is 9.10. The summed E-state index contributed by atoms with van der Waals surface area (Å²) in [7, 11) is -2.22. The molecule has 0 bridgehead atoms. The van der Waals surface area contributed by atoms with Crippen LogP contribution in [0, 0.1) is 0 Å². The Morgan fingerprint density at radius 1 is 1.12 bits per heavy atom. The van der Waals surface area contributed by atoms with Crippen LogP contribution in [0.15, 0.2) is 51.8 Å². The summed E-state index contributed by atoms with van der Waals surface area (Å²) < 4.78 is 34.1. The zero-order chi connectivity index (χ0) is 18.6. The number of halogens is 1. The van der Waals surface area contributed by atoms with E-state index in [2.05, 4.69) is 31.6 Å². The van der Waals surface area contributed by atoms with Crippen LogP contribution in [0.1, 0.15) is 24.0 Å². The van der Waals surface area contributed by atoms with Gasteiger partial charge in [-0.2, -0.15) is 0 Å². The van der Waals surface area contributed by atoms with Crippen molar-refractivity contribution in [1.29, 1.82) is 0 Å². The maximum atomic E-state index is 12.8. The molecular formula is C19H23BrN2O3S. The number of hydrogen-bond donors (Lipinski definition) is 1. The van der Waals surface area contributed by atoms with Gasteiger partial charge < -0.3 is 4.74 Å². The molecule has 1 aliphatic rings. The first kappa shape index (κ1) is 19.4. The van der Waals surface area contributed by atoms with Gasteiger partial charge in [-0.1, -0.05) is 40.2 Å². The highest BCUT2D eigenvalue weighted by atomic mass is 79.9. The fraction of sp³-hybridized carbons (Fsp3) is 0.368. The number of sulfonamides is 1. The van der Waals surface area contributed by atoms with Crippen molar-refractivity contribution in [1.82, 2.24) is 9.62 Å². The third kappa shape index (κ3) is 4.65. The van der Waals surface area contributed by atoms with E-state index in [9.17, 15) is 8.42 Å². The van der Waals surface area contributed by atoms with Crippen LogP contribution in [0.5, 0.6) is 5.75 Å². The van der Waals surface area contributed by atoms with E-state index in [4.69, 9.17) is 4.74 Å². The van der Waals surface area contributed by atoms with E-state index in [1.807, 2.05) is 18.2 Å². The largest absolute Gasteiger partial charge is 0.495 e. The summed E-state index contributed by atoms with van der Waals surface area (Å²) in [6.45, 7) is 3.32. The van der Waals surface area contributed by atoms with E-state index in [-0.39, 0.29) is 11.4 Å². The van der Waals surface area contributed by atoms with E-state index in [1.165, 1.54) is 25.5 Å². The molecular weight excluding hydrogens is 416 g/mol. The number of nitrogens with zero attached hydrogens (tertiary/aromatic N) is 1. The number of methoxy groups -OCH3 is 1. The lowest BCUT2D eigenvalue weighted by atomic mass is 10.1. The van der Waals surface area contributed by atoms with Crippen molar-refractivity contribution < 1.29 is 13.2 Å². The molecule has 0 saturated carbocycles. The lowest BCUT2D eigenvalue weighted by Crippen LogP contribution is -2.25. The van der Waals surface area contributed by atoms with E-state index in [0.29, 0.717) is 10.2 Å². The number of benzene rings is 2. The summed E-state index contributed by atoms with van der Waals surface area (Å²) in [6.07, 6.45) is 2.47. The van der Waals surface area contributed by atoms with E-state index in [1.54, 1.807) is 18.2 Å². The molecule has 3 rings (SSSR count). The Labute approximate surface area is 163 Å². The molecule has 0 amide bonds. The molecule has 7 heteroatoms. The molecule has 0 aromatic heterocycles. The van der Waals surface area contributed by atoms with Gasteiger partial charge in [0.2, 0.25) is 10.0 Å². The predicted molar refractivity (Wildman–Crippen MR) is 106 cm³/mol. The van der Waals surface area contributed by atoms with Crippen LogP contribution in [0.3, 0.4) is 0 Å². The second kappa shape index (κ2) is 8.52. The van der Waals surface area contributed by atoms with Crippen molar-refractivity contribution in [3.8, 4) is 5.75 Å². The monoisotopic (exact) mass is 438 g/mol. The van der Waals surface area contributed by atoms with Crippen LogP contribution >= 0.6 is 15.9 Å². The quantitative estimate of drug-likeness (QED) is 0.717. The molecule has 1 N–H and O–H groups in total. The maximum Gasteiger partial charge on any atom is 0.244 e. The first-order valence-corrected chi connectivity index (χ1v) is 10.9. The second-order valence-corrected chi connectivity index (χ2v) is 9.02. The third-order valence-corrected chi connectivity index (χ3v) is 6.49. The summed E-state index contributed by atoms with van der Waals surface area (Å²) in [4.78, 5) is 2.54. The van der Waals surface area contributed by atoms with Gasteiger partial charge in [0.05, 0.1) is 7.11 Å². The summed E-state index contributed by atoms with van der Waals surface area (Å²) >= 11 is 3.32. The van der Waals surface area contributed by atoms with Gasteiger partial charge in [-0.15, -0.1) is 0 Å². The van der Waals surface area contributed by atoms with E-state index < -0.39 is 10.0 Å². The third-order valence-electron chi connectivity index (χ3n) is 4.58. The van der Waals surface area contributed by atoms with Gasteiger partial charge in [0.25, 0.3) is 0 Å². The molecule has 1 fully saturated rings. The highest BCUT2D eigenvalue weighted by Gasteiger charge is 2.20. The van der Waals surface area contributed by atoms with Gasteiger partial charge in [-0.3, -0.25) is 4.90 Å². The fourth-order valence-corrected chi connectivity index (χ4v) is 4.89. The predicted octanol–water partition coefficient (Wildman–Crippen LogP) is 3.53. The molecule has 0 aliphatic carbocycles. The fourth-order valence-electron chi connectivity index (χ4n) is 3.18. The van der Waals surface area contributed by atoms with Crippen molar-refractivity contribution in [3.63, 3.8) is 0 Å². The first-order chi connectivity index (χ1) is 12.5. The average Bonchev–Trinajstić information content (AvgIpc) is 3.14. The number of hydrogen-bond acceptors (Lipinski definition) is 4. The Morgan fingerprint density at radius 3 is 2.50 bits per heavy atom. The van der Waals surface area contributed by atoms with E-state index >= 15 is 0 Å². The number of rotatable bonds is 7. The second-order valence-electron chi connectivity index (χ2n) is 6.37. The minimum absolute atomic E-state index is 0.131. The van der Waals surface area contributed by atoms with Gasteiger partial charge >= 0.3 is 0 Å². The lowest BCUT2D eigenvalue weighted by Gasteiger charge is -2.18. The summed E-state index contributed by atoms with van der Waals surface area (Å²) in [5.74, 6) is 0.325. The summed E-state index contributed by atoms with van der Waals surface area (Å²) in [5.41, 5.74) is 2.16. The maximum absolute atomic E-state index is 12.8. The molecule has 0 unspecified atom stereocenters. The van der Waals surface area contributed by atoms with Crippen LogP contribution in [0.25, 0.3) is 0 Å². The van der Waals surface area contributed by atoms with Gasteiger partial charge in [-0.05, 0) is 55.3 Å². The minimum atomic E-state index is -3.69. The van der Waals surface area contributed by atoms with Gasteiger partial charge in [-0.25, -0.2) is 13.1 Å². The zero-order valence-electron chi connectivity index (χ0n) is 14.7. The molecule has 1 heterocycles. The smallest absolute Gasteiger partial charge is 0.244 e. The van der Waals surface area contributed by atoms with Crippen molar-refractivity contribution in [2.45, 2.75) is 30.8 Å². The average molecular weight is 439 g/mol. The van der Waals surface area contributed by atoms with Crippen molar-refractivity contribution in [2.24, 2.45) is 0 Å².